The molecule has 2 aromatic rings. The van der Waals surface area contributed by atoms with E-state index in [1.54, 1.807) is 31.4 Å². The number of ether oxygens (including phenoxy) is 1. The Hall–Kier alpha value is -3.07. The summed E-state index contributed by atoms with van der Waals surface area (Å²) in [4.78, 5) is 35.3. The fraction of sp³-hybridized carbons (Fsp3) is 0.167. The number of hydrogen-bond donors (Lipinski definition) is 3. The molecule has 0 saturated carbocycles. The van der Waals surface area contributed by atoms with Crippen molar-refractivity contribution in [1.82, 2.24) is 10.9 Å². The highest BCUT2D eigenvalue weighted by Gasteiger charge is 2.09. The second-order valence-electron chi connectivity index (χ2n) is 5.28. The molecule has 3 N–H and O–H groups in total. The van der Waals surface area contributed by atoms with Crippen molar-refractivity contribution < 1.29 is 23.5 Å². The van der Waals surface area contributed by atoms with Crippen molar-refractivity contribution in [2.75, 3.05) is 23.9 Å². The molecule has 9 heteroatoms. The lowest BCUT2D eigenvalue weighted by molar-refractivity contribution is -0.119. The van der Waals surface area contributed by atoms with Crippen LogP contribution < -0.4 is 20.9 Å². The van der Waals surface area contributed by atoms with E-state index in [9.17, 15) is 18.8 Å². The van der Waals surface area contributed by atoms with Crippen LogP contribution in [0.3, 0.4) is 0 Å². The summed E-state index contributed by atoms with van der Waals surface area (Å²) in [6.45, 7) is 0. The number of amides is 3. The lowest BCUT2D eigenvalue weighted by Crippen LogP contribution is -2.42. The molecule has 7 nitrogen and oxygen atoms in total. The molecule has 0 bridgehead atoms. The number of anilines is 1. The first-order valence-electron chi connectivity index (χ1n) is 7.84. The fourth-order valence-corrected chi connectivity index (χ4v) is 2.56. The molecule has 0 spiro atoms. The molecule has 0 aromatic heterocycles. The van der Waals surface area contributed by atoms with Crippen molar-refractivity contribution in [3.63, 3.8) is 0 Å². The lowest BCUT2D eigenvalue weighted by atomic mass is 10.2. The molecule has 0 saturated heterocycles. The summed E-state index contributed by atoms with van der Waals surface area (Å²) in [5.41, 5.74) is 5.29. The van der Waals surface area contributed by atoms with Gasteiger partial charge in [0, 0.05) is 11.3 Å². The van der Waals surface area contributed by atoms with Gasteiger partial charge in [-0.3, -0.25) is 25.2 Å². The van der Waals surface area contributed by atoms with E-state index in [2.05, 4.69) is 16.2 Å². The Balaban J connectivity index is 1.65. The standard InChI is InChI=1S/C18H18FN3O4S/c1-26-15-8-6-14(7-9-15)20-16(23)10-27-11-17(24)21-22-18(25)12-2-4-13(19)5-3-12/h2-9H,10-11H2,1H3,(H,20,23)(H,21,24)(H,22,25). The van der Waals surface area contributed by atoms with Gasteiger partial charge in [0.25, 0.3) is 5.91 Å². The number of methoxy groups -OCH3 is 1. The summed E-state index contributed by atoms with van der Waals surface area (Å²) in [7, 11) is 1.55. The number of hydrazine groups is 1. The van der Waals surface area contributed by atoms with E-state index in [1.165, 1.54) is 12.1 Å². The molecule has 0 fully saturated rings. The third-order valence-electron chi connectivity index (χ3n) is 3.26. The number of thioether (sulfide) groups is 1. The van der Waals surface area contributed by atoms with Crippen molar-refractivity contribution in [3.8, 4) is 5.75 Å². The van der Waals surface area contributed by atoms with E-state index in [4.69, 9.17) is 4.74 Å². The summed E-state index contributed by atoms with van der Waals surface area (Å²) in [5, 5.41) is 2.70. The Morgan fingerprint density at radius 2 is 1.56 bits per heavy atom. The summed E-state index contributed by atoms with van der Waals surface area (Å²) in [6.07, 6.45) is 0. The van der Waals surface area contributed by atoms with Gasteiger partial charge in [0.1, 0.15) is 11.6 Å². The van der Waals surface area contributed by atoms with Crippen molar-refractivity contribution in [3.05, 3.63) is 59.9 Å². The monoisotopic (exact) mass is 391 g/mol. The molecule has 0 aliphatic rings. The molecule has 0 aliphatic heterocycles. The lowest BCUT2D eigenvalue weighted by Gasteiger charge is -2.08. The number of benzene rings is 2. The van der Waals surface area contributed by atoms with E-state index in [-0.39, 0.29) is 23.0 Å². The van der Waals surface area contributed by atoms with Gasteiger partial charge in [-0.25, -0.2) is 4.39 Å². The van der Waals surface area contributed by atoms with Gasteiger partial charge >= 0.3 is 0 Å². The van der Waals surface area contributed by atoms with Crippen LogP contribution in [0.15, 0.2) is 48.5 Å². The summed E-state index contributed by atoms with van der Waals surface area (Å²) < 4.78 is 17.8. The summed E-state index contributed by atoms with van der Waals surface area (Å²) in [6, 6.07) is 11.8. The number of rotatable bonds is 7. The van der Waals surface area contributed by atoms with E-state index < -0.39 is 17.6 Å². The first-order valence-corrected chi connectivity index (χ1v) is 9.00. The number of hydrogen-bond acceptors (Lipinski definition) is 5. The Morgan fingerprint density at radius 1 is 0.926 bits per heavy atom. The smallest absolute Gasteiger partial charge is 0.269 e. The Bertz CT molecular complexity index is 797. The second kappa shape index (κ2) is 10.2. The van der Waals surface area contributed by atoms with Crippen LogP contribution in [-0.4, -0.2) is 36.3 Å². The first-order chi connectivity index (χ1) is 13.0. The first kappa shape index (κ1) is 20.2. The minimum absolute atomic E-state index is 0.0142. The van der Waals surface area contributed by atoms with Crippen molar-refractivity contribution in [2.45, 2.75) is 0 Å². The maximum Gasteiger partial charge on any atom is 0.269 e. The minimum Gasteiger partial charge on any atom is -0.497 e. The molecular weight excluding hydrogens is 373 g/mol. The third kappa shape index (κ3) is 6.98. The van der Waals surface area contributed by atoms with Crippen LogP contribution in [0.25, 0.3) is 0 Å². The van der Waals surface area contributed by atoms with Gasteiger partial charge in [-0.05, 0) is 48.5 Å². The molecule has 0 radical (unpaired) electrons. The van der Waals surface area contributed by atoms with Crippen molar-refractivity contribution >= 4 is 35.2 Å². The van der Waals surface area contributed by atoms with Gasteiger partial charge in [0.05, 0.1) is 18.6 Å². The highest BCUT2D eigenvalue weighted by atomic mass is 32.2. The maximum atomic E-state index is 12.8. The van der Waals surface area contributed by atoms with Crippen LogP contribution in [0.2, 0.25) is 0 Å². The largest absolute Gasteiger partial charge is 0.497 e. The van der Waals surface area contributed by atoms with Crippen molar-refractivity contribution in [2.24, 2.45) is 0 Å². The zero-order valence-corrected chi connectivity index (χ0v) is 15.3. The molecule has 27 heavy (non-hydrogen) atoms. The average Bonchev–Trinajstić information content (AvgIpc) is 2.67. The van der Waals surface area contributed by atoms with E-state index in [0.717, 1.165) is 23.9 Å². The highest BCUT2D eigenvalue weighted by Crippen LogP contribution is 2.15. The fourth-order valence-electron chi connectivity index (χ4n) is 1.94. The zero-order chi connectivity index (χ0) is 19.6. The normalized spacial score (nSPS) is 10.0. The number of carbonyl (C=O) groups excluding carboxylic acids is 3. The Labute approximate surface area is 159 Å². The van der Waals surface area contributed by atoms with E-state index >= 15 is 0 Å². The van der Waals surface area contributed by atoms with Gasteiger partial charge in [0.2, 0.25) is 11.8 Å². The highest BCUT2D eigenvalue weighted by molar-refractivity contribution is 8.00. The Kier molecular flexibility index (Phi) is 7.63. The predicted molar refractivity (Wildman–Crippen MR) is 101 cm³/mol. The average molecular weight is 391 g/mol. The van der Waals surface area contributed by atoms with Crippen molar-refractivity contribution in [1.29, 1.82) is 0 Å². The van der Waals surface area contributed by atoms with Crippen LogP contribution in [0, 0.1) is 5.82 Å². The molecule has 3 amide bonds. The van der Waals surface area contributed by atoms with Crippen LogP contribution >= 0.6 is 11.8 Å². The summed E-state index contributed by atoms with van der Waals surface area (Å²) in [5.74, 6) is -1.00. The van der Waals surface area contributed by atoms with Gasteiger partial charge < -0.3 is 10.1 Å². The third-order valence-corrected chi connectivity index (χ3v) is 4.19. The minimum atomic E-state index is -0.564. The van der Waals surface area contributed by atoms with Gasteiger partial charge in [-0.2, -0.15) is 0 Å². The van der Waals surface area contributed by atoms with Crippen LogP contribution in [0.5, 0.6) is 5.75 Å². The quantitative estimate of drug-likeness (QED) is 0.627. The number of nitrogens with one attached hydrogen (secondary N) is 3. The van der Waals surface area contributed by atoms with Crippen LogP contribution in [-0.2, 0) is 9.59 Å². The molecule has 142 valence electrons. The molecule has 0 aliphatic carbocycles. The topological polar surface area (TPSA) is 96.5 Å². The number of carbonyl (C=O) groups is 3. The maximum absolute atomic E-state index is 12.8. The molecule has 2 aromatic carbocycles. The predicted octanol–water partition coefficient (Wildman–Crippen LogP) is 1.97. The molecule has 0 heterocycles. The zero-order valence-electron chi connectivity index (χ0n) is 14.5. The van der Waals surface area contributed by atoms with E-state index in [0.29, 0.717) is 11.4 Å². The molecule has 2 rings (SSSR count). The second-order valence-corrected chi connectivity index (χ2v) is 6.26. The molecule has 0 atom stereocenters. The number of halogens is 1. The van der Waals surface area contributed by atoms with E-state index in [1.807, 2.05) is 0 Å². The van der Waals surface area contributed by atoms with Gasteiger partial charge in [-0.1, -0.05) is 0 Å². The van der Waals surface area contributed by atoms with Gasteiger partial charge in [0.15, 0.2) is 0 Å². The van der Waals surface area contributed by atoms with Crippen LogP contribution in [0.1, 0.15) is 10.4 Å². The summed E-state index contributed by atoms with van der Waals surface area (Å²) >= 11 is 1.10. The molecule has 0 unspecified atom stereocenters. The Morgan fingerprint density at radius 3 is 2.19 bits per heavy atom. The molecular formula is C18H18FN3O4S. The SMILES string of the molecule is COc1ccc(NC(=O)CSCC(=O)NNC(=O)c2ccc(F)cc2)cc1. The van der Waals surface area contributed by atoms with Crippen LogP contribution in [0.4, 0.5) is 10.1 Å². The van der Waals surface area contributed by atoms with Gasteiger partial charge in [-0.15, -0.1) is 11.8 Å².